The third kappa shape index (κ3) is 157000. The minimum absolute atomic E-state index is 0.122. The van der Waals surface area contributed by atoms with E-state index in [0.29, 0.717) is 6.61 Å². The minimum Gasteiger partial charge on any atom is -0.394 e. The highest BCUT2D eigenvalue weighted by Crippen LogP contribution is 1.56. The molecule has 3 N–H and O–H groups in total. The molecule has 0 aromatic carbocycles. The summed E-state index contributed by atoms with van der Waals surface area (Å²) in [7, 11) is 1.55. The molecular formula is C38H80O4. The lowest BCUT2D eigenvalue weighted by Gasteiger charge is -1.84. The van der Waals surface area contributed by atoms with Gasteiger partial charge in [-0.25, -0.2) is 0 Å². The fraction of sp³-hybridized carbons (Fsp3) is 0.316. The van der Waals surface area contributed by atoms with Gasteiger partial charge in [-0.15, -0.1) is 125 Å². The molecule has 0 aromatic rings. The van der Waals surface area contributed by atoms with Crippen LogP contribution in [0.5, 0.6) is 0 Å². The summed E-state index contributed by atoms with van der Waals surface area (Å²) in [5.41, 5.74) is 0. The molecule has 0 spiro atoms. The molecule has 0 aliphatic rings. The van der Waals surface area contributed by atoms with Crippen LogP contribution in [-0.2, 0) is 4.74 Å². The van der Waals surface area contributed by atoms with Crippen molar-refractivity contribution in [2.75, 3.05) is 33.5 Å². The Kier molecular flexibility index (Phi) is 1620. The molecule has 0 rings (SSSR count). The van der Waals surface area contributed by atoms with Gasteiger partial charge in [-0.3, -0.25) is 0 Å². The third-order valence-electron chi connectivity index (χ3n) is 0.395. The van der Waals surface area contributed by atoms with Gasteiger partial charge < -0.3 is 20.1 Å². The monoisotopic (exact) mass is 601 g/mol. The first kappa shape index (κ1) is 98.1. The van der Waals surface area contributed by atoms with E-state index in [2.05, 4.69) is 130 Å². The molecule has 256 valence electrons. The topological polar surface area (TPSA) is 69.9 Å². The average molecular weight is 601 g/mol. The second-order valence-electron chi connectivity index (χ2n) is 4.02. The summed E-state index contributed by atoms with van der Waals surface area (Å²) >= 11 is 0. The van der Waals surface area contributed by atoms with Crippen LogP contribution in [0.25, 0.3) is 0 Å². The van der Waals surface area contributed by atoms with Crippen molar-refractivity contribution in [3.8, 4) is 0 Å². The van der Waals surface area contributed by atoms with Crippen molar-refractivity contribution in [2.24, 2.45) is 0 Å². The number of ether oxygens (including phenoxy) is 1. The SMILES string of the molecule is C=C.C=C.C=C.C=C.C=C.C=C.C=CC.C=CC.C=CC.C=CC.C=CC.C=CC.C=CC.COCCO.OCCO. The summed E-state index contributed by atoms with van der Waals surface area (Å²) in [5, 5.41) is 23.2. The number of hydrogen-bond acceptors (Lipinski definition) is 4. The van der Waals surface area contributed by atoms with Crippen molar-refractivity contribution in [3.63, 3.8) is 0 Å². The first-order valence-corrected chi connectivity index (χ1v) is 12.5. The highest BCUT2D eigenvalue weighted by atomic mass is 16.5. The van der Waals surface area contributed by atoms with Crippen LogP contribution in [0.2, 0.25) is 0 Å². The van der Waals surface area contributed by atoms with E-state index in [1.807, 2.05) is 48.5 Å². The van der Waals surface area contributed by atoms with Gasteiger partial charge in [-0.05, 0) is 48.5 Å². The number of aliphatic hydroxyl groups is 3. The molecule has 0 aromatic heterocycles. The summed E-state index contributed by atoms with van der Waals surface area (Å²) in [6.07, 6.45) is 12.2. The van der Waals surface area contributed by atoms with Crippen molar-refractivity contribution in [3.05, 3.63) is 168 Å². The van der Waals surface area contributed by atoms with Crippen LogP contribution < -0.4 is 0 Å². The first-order chi connectivity index (χ1) is 20.2. The van der Waals surface area contributed by atoms with Crippen molar-refractivity contribution in [1.29, 1.82) is 0 Å². The van der Waals surface area contributed by atoms with Gasteiger partial charge >= 0.3 is 0 Å². The highest BCUT2D eigenvalue weighted by molar-refractivity contribution is 4.53. The van der Waals surface area contributed by atoms with E-state index >= 15 is 0 Å². The molecule has 0 saturated heterocycles. The van der Waals surface area contributed by atoms with Gasteiger partial charge in [0.05, 0.1) is 26.4 Å². The molecule has 0 aliphatic carbocycles. The van der Waals surface area contributed by atoms with Crippen molar-refractivity contribution >= 4 is 0 Å². The van der Waals surface area contributed by atoms with Crippen LogP contribution in [0.4, 0.5) is 0 Å². The summed E-state index contributed by atoms with van der Waals surface area (Å²) in [6.45, 7) is 73.1. The fourth-order valence-corrected chi connectivity index (χ4v) is 0.0913. The van der Waals surface area contributed by atoms with Crippen LogP contribution in [0.3, 0.4) is 0 Å². The van der Waals surface area contributed by atoms with E-state index in [1.54, 1.807) is 49.6 Å². The van der Waals surface area contributed by atoms with E-state index in [9.17, 15) is 0 Å². The summed E-state index contributed by atoms with van der Waals surface area (Å²) in [4.78, 5) is 0. The Bertz CT molecular complexity index is 247. The van der Waals surface area contributed by atoms with Gasteiger partial charge in [-0.1, -0.05) is 42.5 Å². The van der Waals surface area contributed by atoms with E-state index in [-0.39, 0.29) is 19.8 Å². The van der Waals surface area contributed by atoms with E-state index in [1.165, 1.54) is 0 Å². The van der Waals surface area contributed by atoms with Gasteiger partial charge in [0.25, 0.3) is 0 Å². The van der Waals surface area contributed by atoms with E-state index < -0.39 is 0 Å². The fourth-order valence-electron chi connectivity index (χ4n) is 0.0913. The predicted molar refractivity (Wildman–Crippen MR) is 212 cm³/mol. The number of aliphatic hydroxyl groups excluding tert-OH is 3. The zero-order valence-electron chi connectivity index (χ0n) is 30.1. The molecule has 0 heterocycles. The zero-order chi connectivity index (χ0) is 38.5. The second-order valence-corrected chi connectivity index (χ2v) is 4.02. The Labute approximate surface area is 269 Å². The lowest BCUT2D eigenvalue weighted by Crippen LogP contribution is -1.91. The minimum atomic E-state index is -0.125. The van der Waals surface area contributed by atoms with Gasteiger partial charge in [0.2, 0.25) is 0 Å². The Hall–Kier alpha value is -3.54. The lowest BCUT2D eigenvalue weighted by molar-refractivity contribution is 0.135. The Morgan fingerprint density at radius 1 is 0.357 bits per heavy atom. The van der Waals surface area contributed by atoms with Gasteiger partial charge in [0.15, 0.2) is 0 Å². The van der Waals surface area contributed by atoms with E-state index in [4.69, 9.17) is 15.3 Å². The Morgan fingerprint density at radius 2 is 0.452 bits per heavy atom. The standard InChI is InChI=1S/C3H8O2.7C3H6.C2H6O2.6C2H4/c1-5-3-2-4;7*1-3-2;3-1-2-4;6*1-2/h4H,2-3H2,1H3;7*3H,1H2,2H3;3-4H,1-2H2;6*1-2H2. The van der Waals surface area contributed by atoms with Crippen LogP contribution in [-0.4, -0.2) is 48.9 Å². The molecule has 0 bridgehead atoms. The molecular weight excluding hydrogens is 520 g/mol. The average Bonchev–Trinajstić information content (AvgIpc) is 3.03. The number of methoxy groups -OCH3 is 1. The molecule has 0 saturated carbocycles. The van der Waals surface area contributed by atoms with Crippen LogP contribution >= 0.6 is 0 Å². The van der Waals surface area contributed by atoms with Crippen molar-refractivity contribution < 1.29 is 20.1 Å². The number of rotatable bonds is 3. The van der Waals surface area contributed by atoms with E-state index in [0.717, 1.165) is 0 Å². The zero-order valence-corrected chi connectivity index (χ0v) is 30.1. The highest BCUT2D eigenvalue weighted by Gasteiger charge is 1.67. The smallest absolute Gasteiger partial charge is 0.0693 e. The van der Waals surface area contributed by atoms with Gasteiger partial charge in [-0.2, -0.15) is 0 Å². The Balaban J connectivity index is -0.0000000145. The normalized spacial score (nSPS) is 4.45. The maximum absolute atomic E-state index is 7.94. The Morgan fingerprint density at radius 3 is 0.452 bits per heavy atom. The van der Waals surface area contributed by atoms with Gasteiger partial charge in [0.1, 0.15) is 0 Å². The summed E-state index contributed by atoms with van der Waals surface area (Å²) < 4.78 is 4.44. The third-order valence-corrected chi connectivity index (χ3v) is 0.395. The molecule has 0 fully saturated rings. The lowest BCUT2D eigenvalue weighted by atomic mass is 10.8. The van der Waals surface area contributed by atoms with Crippen LogP contribution in [0, 0.1) is 0 Å². The van der Waals surface area contributed by atoms with Crippen LogP contribution in [0.15, 0.2) is 168 Å². The van der Waals surface area contributed by atoms with Crippen LogP contribution in [0.1, 0.15) is 48.5 Å². The second kappa shape index (κ2) is 696. The number of hydrogen-bond donors (Lipinski definition) is 3. The molecule has 0 radical (unpaired) electrons. The first-order valence-electron chi connectivity index (χ1n) is 12.5. The quantitative estimate of drug-likeness (QED) is 0.282. The molecule has 4 heteroatoms. The predicted octanol–water partition coefficient (Wildman–Crippen LogP) is 11.8. The molecule has 4 nitrogen and oxygen atoms in total. The maximum Gasteiger partial charge on any atom is 0.0693 e. The van der Waals surface area contributed by atoms with Crippen molar-refractivity contribution in [2.45, 2.75) is 48.5 Å². The number of allylic oxidation sites excluding steroid dienone is 7. The van der Waals surface area contributed by atoms with Gasteiger partial charge in [0, 0.05) is 7.11 Å². The summed E-state index contributed by atoms with van der Waals surface area (Å²) in [6, 6.07) is 0. The molecule has 0 aliphatic heterocycles. The van der Waals surface area contributed by atoms with Crippen molar-refractivity contribution in [1.82, 2.24) is 0 Å². The molecule has 0 atom stereocenters. The molecule has 42 heavy (non-hydrogen) atoms. The maximum atomic E-state index is 7.94. The molecule has 0 amide bonds. The largest absolute Gasteiger partial charge is 0.394 e. The molecule has 0 unspecified atom stereocenters. The summed E-state index contributed by atoms with van der Waals surface area (Å²) in [5.74, 6) is 0.